The van der Waals surface area contributed by atoms with E-state index in [1.54, 1.807) is 46.6 Å². The normalized spacial score (nSPS) is 12.5. The molecule has 2 heterocycles. The zero-order valence-corrected chi connectivity index (χ0v) is 20.7. The Hall–Kier alpha value is -2.83. The van der Waals surface area contributed by atoms with Gasteiger partial charge in [-0.1, -0.05) is 53.0 Å². The van der Waals surface area contributed by atoms with E-state index in [1.165, 1.54) is 11.6 Å². The van der Waals surface area contributed by atoms with E-state index in [9.17, 15) is 9.59 Å². The second-order valence-electron chi connectivity index (χ2n) is 7.84. The van der Waals surface area contributed by atoms with Crippen molar-refractivity contribution in [1.29, 1.82) is 0 Å². The number of amides is 2. The van der Waals surface area contributed by atoms with Crippen molar-refractivity contribution in [2.45, 2.75) is 13.0 Å². The molecule has 1 aromatic heterocycles. The van der Waals surface area contributed by atoms with Crippen LogP contribution in [0, 0.1) is 0 Å². The van der Waals surface area contributed by atoms with Gasteiger partial charge in [-0.05, 0) is 65.0 Å². The number of nitrogens with zero attached hydrogens (tertiary/aromatic N) is 1. The zero-order chi connectivity index (χ0) is 23.8. The first-order valence-electron chi connectivity index (χ1n) is 10.4. The number of nitrogens with one attached hydrogen (secondary N) is 1. The highest BCUT2D eigenvalue weighted by Gasteiger charge is 2.27. The van der Waals surface area contributed by atoms with Gasteiger partial charge in [0.1, 0.15) is 0 Å². The molecule has 2 amide bonds. The fraction of sp³-hybridized carbons (Fsp3) is 0.0769. The largest absolute Gasteiger partial charge is 0.322 e. The van der Waals surface area contributed by atoms with Crippen molar-refractivity contribution < 1.29 is 9.59 Å². The molecule has 0 atom stereocenters. The Labute approximate surface area is 215 Å². The Morgan fingerprint density at radius 2 is 1.62 bits per heavy atom. The lowest BCUT2D eigenvalue weighted by molar-refractivity contribution is 0.0984. The summed E-state index contributed by atoms with van der Waals surface area (Å²) in [5.41, 5.74) is 4.30. The van der Waals surface area contributed by atoms with E-state index in [-0.39, 0.29) is 21.5 Å². The summed E-state index contributed by atoms with van der Waals surface area (Å²) in [5.74, 6) is -0.596. The van der Waals surface area contributed by atoms with Crippen LogP contribution >= 0.6 is 46.1 Å². The van der Waals surface area contributed by atoms with Crippen molar-refractivity contribution in [1.82, 2.24) is 0 Å². The molecule has 34 heavy (non-hydrogen) atoms. The molecule has 0 bridgehead atoms. The molecule has 1 aliphatic rings. The van der Waals surface area contributed by atoms with Crippen LogP contribution in [0.4, 0.5) is 11.4 Å². The molecule has 0 radical (unpaired) electrons. The van der Waals surface area contributed by atoms with Gasteiger partial charge in [-0.15, -0.1) is 11.3 Å². The third kappa shape index (κ3) is 4.44. The molecular formula is C26H17Cl3N2O2S. The van der Waals surface area contributed by atoms with Crippen molar-refractivity contribution in [2.75, 3.05) is 10.2 Å². The highest BCUT2D eigenvalue weighted by Crippen LogP contribution is 2.35. The van der Waals surface area contributed by atoms with Crippen molar-refractivity contribution >= 4 is 69.3 Å². The number of halogens is 3. The van der Waals surface area contributed by atoms with Crippen molar-refractivity contribution in [3.63, 3.8) is 0 Å². The van der Waals surface area contributed by atoms with Crippen molar-refractivity contribution in [3.05, 3.63) is 114 Å². The van der Waals surface area contributed by atoms with Crippen LogP contribution in [0.3, 0.4) is 0 Å². The number of carbonyl (C=O) groups excluding carboxylic acids is 2. The first-order valence-corrected chi connectivity index (χ1v) is 12.4. The molecule has 0 unspecified atom stereocenters. The first kappa shape index (κ1) is 22.9. The van der Waals surface area contributed by atoms with E-state index in [2.05, 4.69) is 16.8 Å². The fourth-order valence-electron chi connectivity index (χ4n) is 3.99. The summed E-state index contributed by atoms with van der Waals surface area (Å²) in [7, 11) is 0. The van der Waals surface area contributed by atoms with Gasteiger partial charge in [-0.2, -0.15) is 0 Å². The van der Waals surface area contributed by atoms with Gasteiger partial charge < -0.3 is 10.2 Å². The second-order valence-corrected chi connectivity index (χ2v) is 10.1. The standard InChI is InChI=1S/C26H17Cl3N2O2S/c27-17-5-7-19(21(28)12-17)25(32)30-18-6-8-20(22(29)13-18)26(33)31-14-24-16(9-10-34-24)11-15-3-1-2-4-23(15)31/h1-10,12-13H,11,14H2,(H,30,32). The lowest BCUT2D eigenvalue weighted by Gasteiger charge is -2.23. The second kappa shape index (κ2) is 9.43. The molecule has 4 aromatic rings. The van der Waals surface area contributed by atoms with Crippen LogP contribution < -0.4 is 10.2 Å². The van der Waals surface area contributed by atoms with E-state index < -0.39 is 5.91 Å². The molecule has 170 valence electrons. The molecule has 0 aliphatic carbocycles. The van der Waals surface area contributed by atoms with Gasteiger partial charge in [-0.25, -0.2) is 0 Å². The molecule has 3 aromatic carbocycles. The Bertz CT molecular complexity index is 1430. The number of carbonyl (C=O) groups is 2. The average Bonchev–Trinajstić information content (AvgIpc) is 3.17. The molecule has 4 nitrogen and oxygen atoms in total. The smallest absolute Gasteiger partial charge is 0.260 e. The maximum absolute atomic E-state index is 13.6. The van der Waals surface area contributed by atoms with E-state index in [4.69, 9.17) is 34.8 Å². The summed E-state index contributed by atoms with van der Waals surface area (Å²) < 4.78 is 0. The summed E-state index contributed by atoms with van der Waals surface area (Å²) in [6, 6.07) is 19.5. The SMILES string of the molecule is O=C(Nc1ccc(C(=O)N2Cc3sccc3Cc3ccccc32)c(Cl)c1)c1ccc(Cl)cc1Cl. The topological polar surface area (TPSA) is 49.4 Å². The molecule has 0 spiro atoms. The number of hydrogen-bond acceptors (Lipinski definition) is 3. The van der Waals surface area contributed by atoms with Gasteiger partial charge >= 0.3 is 0 Å². The maximum atomic E-state index is 13.6. The van der Waals surface area contributed by atoms with Crippen LogP contribution in [0.25, 0.3) is 0 Å². The minimum atomic E-state index is -0.400. The first-order chi connectivity index (χ1) is 16.4. The van der Waals surface area contributed by atoms with Gasteiger partial charge in [-0.3, -0.25) is 9.59 Å². The number of hydrogen-bond donors (Lipinski definition) is 1. The van der Waals surface area contributed by atoms with Gasteiger partial charge in [0, 0.05) is 27.7 Å². The van der Waals surface area contributed by atoms with Gasteiger partial charge in [0.25, 0.3) is 11.8 Å². The fourth-order valence-corrected chi connectivity index (χ4v) is 5.63. The van der Waals surface area contributed by atoms with Crippen LogP contribution in [-0.2, 0) is 13.0 Å². The predicted octanol–water partition coefficient (Wildman–Crippen LogP) is 7.71. The quantitative estimate of drug-likeness (QED) is 0.297. The maximum Gasteiger partial charge on any atom is 0.260 e. The van der Waals surface area contributed by atoms with Crippen LogP contribution in [-0.4, -0.2) is 11.8 Å². The molecule has 0 saturated carbocycles. The lowest BCUT2D eigenvalue weighted by atomic mass is 10.1. The molecule has 1 aliphatic heterocycles. The predicted molar refractivity (Wildman–Crippen MR) is 140 cm³/mol. The Morgan fingerprint density at radius 3 is 2.41 bits per heavy atom. The minimum absolute atomic E-state index is 0.197. The van der Waals surface area contributed by atoms with Gasteiger partial charge in [0.05, 0.1) is 27.7 Å². The minimum Gasteiger partial charge on any atom is -0.322 e. The number of thiophene rings is 1. The molecule has 0 fully saturated rings. The van der Waals surface area contributed by atoms with E-state index in [0.29, 0.717) is 22.8 Å². The molecule has 5 rings (SSSR count). The number of rotatable bonds is 3. The summed E-state index contributed by atoms with van der Waals surface area (Å²) >= 11 is 20.2. The van der Waals surface area contributed by atoms with Crippen LogP contribution in [0.5, 0.6) is 0 Å². The van der Waals surface area contributed by atoms with Gasteiger partial charge in [0.2, 0.25) is 0 Å². The van der Waals surface area contributed by atoms with Crippen LogP contribution in [0.1, 0.15) is 36.7 Å². The summed E-state index contributed by atoms with van der Waals surface area (Å²) in [4.78, 5) is 29.2. The highest BCUT2D eigenvalue weighted by molar-refractivity contribution is 7.10. The number of anilines is 2. The molecule has 0 saturated heterocycles. The Balaban J connectivity index is 1.42. The number of para-hydroxylation sites is 1. The van der Waals surface area contributed by atoms with Crippen LogP contribution in [0.15, 0.2) is 72.1 Å². The van der Waals surface area contributed by atoms with Crippen molar-refractivity contribution in [3.8, 4) is 0 Å². The average molecular weight is 528 g/mol. The summed E-state index contributed by atoms with van der Waals surface area (Å²) in [6.07, 6.45) is 0.782. The van der Waals surface area contributed by atoms with E-state index in [0.717, 1.165) is 22.5 Å². The zero-order valence-electron chi connectivity index (χ0n) is 17.6. The lowest BCUT2D eigenvalue weighted by Crippen LogP contribution is -2.30. The Morgan fingerprint density at radius 1 is 0.853 bits per heavy atom. The third-order valence-corrected chi connectivity index (χ3v) is 7.49. The van der Waals surface area contributed by atoms with Crippen molar-refractivity contribution in [2.24, 2.45) is 0 Å². The van der Waals surface area contributed by atoms with E-state index >= 15 is 0 Å². The highest BCUT2D eigenvalue weighted by atomic mass is 35.5. The Kier molecular flexibility index (Phi) is 6.36. The number of benzene rings is 3. The van der Waals surface area contributed by atoms with Crippen LogP contribution in [0.2, 0.25) is 15.1 Å². The third-order valence-electron chi connectivity index (χ3n) is 5.68. The number of fused-ring (bicyclic) bond motifs is 2. The summed E-state index contributed by atoms with van der Waals surface area (Å²) in [5, 5.41) is 5.76. The van der Waals surface area contributed by atoms with Gasteiger partial charge in [0.15, 0.2) is 0 Å². The molecular weight excluding hydrogens is 511 g/mol. The summed E-state index contributed by atoms with van der Waals surface area (Å²) in [6.45, 7) is 0.479. The monoisotopic (exact) mass is 526 g/mol. The molecule has 8 heteroatoms. The molecule has 1 N–H and O–H groups in total. The van der Waals surface area contributed by atoms with E-state index in [1.807, 2.05) is 24.3 Å².